The van der Waals surface area contributed by atoms with Crippen molar-refractivity contribution in [1.29, 1.82) is 0 Å². The smallest absolute Gasteiger partial charge is 0.301 e. The van der Waals surface area contributed by atoms with Crippen molar-refractivity contribution < 1.29 is 24.2 Å². The minimum absolute atomic E-state index is 0.0241. The van der Waals surface area contributed by atoms with Gasteiger partial charge in [-0.2, -0.15) is 0 Å². The molecule has 0 radical (unpaired) electrons. The van der Waals surface area contributed by atoms with Crippen LogP contribution >= 0.6 is 23.1 Å². The zero-order valence-electron chi connectivity index (χ0n) is 24.1. The molecular weight excluding hydrogens is 583 g/mol. The largest absolute Gasteiger partial charge is 0.507 e. The molecule has 0 saturated carbocycles. The molecule has 8 nitrogen and oxygen atoms in total. The summed E-state index contributed by atoms with van der Waals surface area (Å²) in [5, 5.41) is 20.3. The molecule has 1 fully saturated rings. The van der Waals surface area contributed by atoms with Crippen LogP contribution in [0.5, 0.6) is 11.5 Å². The fraction of sp³-hybridized carbons (Fsp3) is 0.273. The van der Waals surface area contributed by atoms with Crippen LogP contribution in [0.3, 0.4) is 0 Å². The summed E-state index contributed by atoms with van der Waals surface area (Å²) in [5.74, 6) is -0.0692. The summed E-state index contributed by atoms with van der Waals surface area (Å²) < 4.78 is 12.6. The van der Waals surface area contributed by atoms with E-state index in [-0.39, 0.29) is 16.5 Å². The number of Topliss-reactive ketones (excluding diaryl/α,β-unsaturated/α-hetero) is 1. The number of unbranched alkanes of at least 4 members (excludes halogenated alkanes) is 2. The molecule has 43 heavy (non-hydrogen) atoms. The van der Waals surface area contributed by atoms with Crippen LogP contribution in [0.1, 0.15) is 55.8 Å². The van der Waals surface area contributed by atoms with Crippen LogP contribution in [0.25, 0.3) is 5.76 Å². The van der Waals surface area contributed by atoms with Gasteiger partial charge in [0.2, 0.25) is 5.13 Å². The lowest BCUT2D eigenvalue weighted by atomic mass is 9.95. The average molecular weight is 616 g/mol. The summed E-state index contributed by atoms with van der Waals surface area (Å²) >= 11 is 2.73. The maximum atomic E-state index is 13.6. The summed E-state index contributed by atoms with van der Waals surface area (Å²) in [6.07, 6.45) is 3.06. The first-order valence-corrected chi connectivity index (χ1v) is 16.1. The topological polar surface area (TPSA) is 102 Å². The first-order valence-electron chi connectivity index (χ1n) is 14.3. The number of amides is 1. The Morgan fingerprint density at radius 3 is 2.40 bits per heavy atom. The number of nitrogens with zero attached hydrogens (tertiary/aromatic N) is 3. The van der Waals surface area contributed by atoms with Gasteiger partial charge in [0.05, 0.1) is 24.8 Å². The molecule has 1 N–H and O–H groups in total. The van der Waals surface area contributed by atoms with Crippen molar-refractivity contribution in [3.05, 3.63) is 101 Å². The molecule has 1 aliphatic heterocycles. The van der Waals surface area contributed by atoms with Gasteiger partial charge in [-0.1, -0.05) is 110 Å². The summed E-state index contributed by atoms with van der Waals surface area (Å²) in [4.78, 5) is 28.5. The molecule has 3 aromatic carbocycles. The van der Waals surface area contributed by atoms with E-state index in [2.05, 4.69) is 17.1 Å². The molecule has 0 aliphatic carbocycles. The van der Waals surface area contributed by atoms with Gasteiger partial charge < -0.3 is 14.6 Å². The van der Waals surface area contributed by atoms with Gasteiger partial charge in [0, 0.05) is 11.3 Å². The van der Waals surface area contributed by atoms with E-state index in [4.69, 9.17) is 9.47 Å². The quantitative estimate of drug-likeness (QED) is 0.0414. The Morgan fingerprint density at radius 2 is 1.67 bits per heavy atom. The van der Waals surface area contributed by atoms with E-state index in [9.17, 15) is 14.7 Å². The molecule has 0 spiro atoms. The number of ether oxygens (including phenoxy) is 2. The van der Waals surface area contributed by atoms with Crippen LogP contribution in [-0.4, -0.2) is 40.2 Å². The number of benzene rings is 3. The number of anilines is 1. The summed E-state index contributed by atoms with van der Waals surface area (Å²) in [7, 11) is 0. The number of hydrogen-bond acceptors (Lipinski definition) is 9. The highest BCUT2D eigenvalue weighted by Crippen LogP contribution is 2.45. The van der Waals surface area contributed by atoms with Gasteiger partial charge in [-0.15, -0.1) is 10.2 Å². The second-order valence-electron chi connectivity index (χ2n) is 9.85. The molecule has 1 unspecified atom stereocenters. The average Bonchev–Trinajstić information content (AvgIpc) is 3.61. The Balaban J connectivity index is 1.54. The number of aliphatic hydroxyl groups excluding tert-OH is 1. The lowest BCUT2D eigenvalue weighted by Crippen LogP contribution is -2.29. The molecule has 0 bridgehead atoms. The van der Waals surface area contributed by atoms with Crippen molar-refractivity contribution in [2.24, 2.45) is 0 Å². The molecule has 222 valence electrons. The van der Waals surface area contributed by atoms with Gasteiger partial charge in [-0.05, 0) is 36.6 Å². The Morgan fingerprint density at radius 1 is 0.930 bits per heavy atom. The van der Waals surface area contributed by atoms with Crippen molar-refractivity contribution in [2.75, 3.05) is 18.1 Å². The van der Waals surface area contributed by atoms with Crippen molar-refractivity contribution in [3.8, 4) is 11.5 Å². The number of thioether (sulfide) groups is 1. The molecule has 10 heteroatoms. The van der Waals surface area contributed by atoms with E-state index < -0.39 is 17.7 Å². The van der Waals surface area contributed by atoms with Crippen molar-refractivity contribution >= 4 is 45.7 Å². The van der Waals surface area contributed by atoms with Crippen molar-refractivity contribution in [2.45, 2.75) is 49.2 Å². The molecule has 1 aromatic heterocycles. The Labute approximate surface area is 259 Å². The molecular formula is C33H33N3O5S2. The van der Waals surface area contributed by atoms with E-state index in [1.54, 1.807) is 42.5 Å². The minimum Gasteiger partial charge on any atom is -0.507 e. The lowest BCUT2D eigenvalue weighted by Gasteiger charge is -2.23. The van der Waals surface area contributed by atoms with E-state index >= 15 is 0 Å². The second kappa shape index (κ2) is 14.3. The van der Waals surface area contributed by atoms with E-state index in [1.165, 1.54) is 28.0 Å². The Bertz CT molecular complexity index is 1590. The van der Waals surface area contributed by atoms with Gasteiger partial charge in [-0.25, -0.2) is 0 Å². The van der Waals surface area contributed by atoms with Crippen molar-refractivity contribution in [3.63, 3.8) is 0 Å². The Kier molecular flexibility index (Phi) is 10.1. The molecule has 4 aromatic rings. The second-order valence-corrected chi connectivity index (χ2v) is 12.0. The first-order chi connectivity index (χ1) is 21.0. The van der Waals surface area contributed by atoms with E-state index in [0.717, 1.165) is 24.8 Å². The maximum Gasteiger partial charge on any atom is 0.301 e. The van der Waals surface area contributed by atoms with Crippen molar-refractivity contribution in [1.82, 2.24) is 10.2 Å². The van der Waals surface area contributed by atoms with E-state index in [0.29, 0.717) is 45.9 Å². The van der Waals surface area contributed by atoms with Gasteiger partial charge >= 0.3 is 5.91 Å². The predicted octanol–water partition coefficient (Wildman–Crippen LogP) is 7.42. The third-order valence-corrected chi connectivity index (χ3v) is 9.01. The number of rotatable bonds is 13. The van der Waals surface area contributed by atoms with Gasteiger partial charge in [0.25, 0.3) is 5.78 Å². The minimum atomic E-state index is -0.950. The third-order valence-electron chi connectivity index (χ3n) is 6.89. The zero-order chi connectivity index (χ0) is 30.2. The molecule has 2 heterocycles. The number of carbonyl (C=O) groups is 2. The van der Waals surface area contributed by atoms with Gasteiger partial charge in [-0.3, -0.25) is 14.5 Å². The summed E-state index contributed by atoms with van der Waals surface area (Å²) in [6, 6.07) is 23.1. The lowest BCUT2D eigenvalue weighted by molar-refractivity contribution is -0.132. The van der Waals surface area contributed by atoms with E-state index in [1.807, 2.05) is 43.3 Å². The van der Waals surface area contributed by atoms with Gasteiger partial charge in [0.1, 0.15) is 5.76 Å². The third kappa shape index (κ3) is 6.92. The number of carbonyl (C=O) groups excluding carboxylic acids is 2. The molecule has 5 rings (SSSR count). The fourth-order valence-corrected chi connectivity index (χ4v) is 6.61. The van der Waals surface area contributed by atoms with Gasteiger partial charge in [0.15, 0.2) is 15.8 Å². The molecule has 1 saturated heterocycles. The first kappa shape index (κ1) is 30.3. The van der Waals surface area contributed by atoms with Crippen LogP contribution in [0.4, 0.5) is 5.13 Å². The molecule has 1 aliphatic rings. The van der Waals surface area contributed by atoms with Crippen LogP contribution < -0.4 is 14.4 Å². The number of aliphatic hydroxyl groups is 1. The SMILES string of the molecule is CCCCCOc1ccc(C2C(=C(O)c3ccccc3)C(=O)C(=O)N2c2nnc(SCc3ccccc3)s2)cc1OCC. The normalized spacial score (nSPS) is 16.0. The number of ketones is 1. The Hall–Kier alpha value is -4.15. The highest BCUT2D eigenvalue weighted by molar-refractivity contribution is 8.00. The summed E-state index contributed by atoms with van der Waals surface area (Å²) in [6.45, 7) is 4.96. The standard InChI is InChI=1S/C33H33N3O5S2/c1-3-5-12-19-41-25-18-17-24(20-26(25)40-4-2)28-27(29(37)23-15-10-7-11-16-23)30(38)31(39)36(28)32-34-35-33(43-32)42-21-22-13-8-6-9-14-22/h6-11,13-18,20,28,37H,3-5,12,19,21H2,1-2H3. The predicted molar refractivity (Wildman–Crippen MR) is 170 cm³/mol. The maximum absolute atomic E-state index is 13.6. The van der Waals surface area contributed by atoms with Crippen LogP contribution in [0.15, 0.2) is 88.8 Å². The van der Waals surface area contributed by atoms with Crippen LogP contribution in [0, 0.1) is 0 Å². The van der Waals surface area contributed by atoms with Crippen LogP contribution in [-0.2, 0) is 15.3 Å². The zero-order valence-corrected chi connectivity index (χ0v) is 25.7. The highest BCUT2D eigenvalue weighted by atomic mass is 32.2. The fourth-order valence-electron chi connectivity index (χ4n) is 4.79. The van der Waals surface area contributed by atoms with Crippen LogP contribution in [0.2, 0.25) is 0 Å². The summed E-state index contributed by atoms with van der Waals surface area (Å²) in [5.41, 5.74) is 2.12. The number of hydrogen-bond donors (Lipinski definition) is 1. The molecule has 1 atom stereocenters. The number of aromatic nitrogens is 2. The molecule has 1 amide bonds. The monoisotopic (exact) mass is 615 g/mol. The highest BCUT2D eigenvalue weighted by Gasteiger charge is 2.48.